The number of carbonyl (C=O) groups excluding carboxylic acids is 2. The highest BCUT2D eigenvalue weighted by molar-refractivity contribution is 5.79. The number of amides is 2. The van der Waals surface area contributed by atoms with Crippen LogP contribution in [0.2, 0.25) is 0 Å². The molecule has 2 atom stereocenters. The van der Waals surface area contributed by atoms with Crippen LogP contribution in [-0.4, -0.2) is 77.6 Å². The first-order valence-electron chi connectivity index (χ1n) is 10.5. The van der Waals surface area contributed by atoms with Crippen molar-refractivity contribution in [2.75, 3.05) is 32.8 Å². The Kier molecular flexibility index (Phi) is 4.88. The number of nitrogens with zero attached hydrogens (tertiary/aromatic N) is 3. The number of ether oxygens (including phenoxy) is 1. The summed E-state index contributed by atoms with van der Waals surface area (Å²) in [5.74, 6) is 0.349. The minimum absolute atomic E-state index is 0.111. The molecule has 4 aliphatic rings. The van der Waals surface area contributed by atoms with E-state index in [1.54, 1.807) is 0 Å². The molecule has 26 heavy (non-hydrogen) atoms. The number of likely N-dealkylation sites (tertiary alicyclic amines) is 2. The van der Waals surface area contributed by atoms with Gasteiger partial charge in [0.2, 0.25) is 5.91 Å². The van der Waals surface area contributed by atoms with Crippen LogP contribution >= 0.6 is 0 Å². The SMILES string of the molecule is CCOC(=O)N1C2CCC1CC(N1CCC3(CC1)CC(=O)N(CC)C3)C2. The Bertz CT molecular complexity index is 545. The molecule has 2 amide bonds. The second kappa shape index (κ2) is 7.02. The number of carbonyl (C=O) groups is 2. The van der Waals surface area contributed by atoms with E-state index in [4.69, 9.17) is 4.74 Å². The van der Waals surface area contributed by atoms with Gasteiger partial charge in [0.25, 0.3) is 0 Å². The minimum Gasteiger partial charge on any atom is -0.450 e. The van der Waals surface area contributed by atoms with E-state index >= 15 is 0 Å². The van der Waals surface area contributed by atoms with Gasteiger partial charge >= 0.3 is 6.09 Å². The molecule has 4 heterocycles. The van der Waals surface area contributed by atoms with Crippen molar-refractivity contribution in [2.24, 2.45) is 5.41 Å². The van der Waals surface area contributed by atoms with Gasteiger partial charge in [0.1, 0.15) is 0 Å². The zero-order valence-corrected chi connectivity index (χ0v) is 16.3. The standard InChI is InChI=1S/C20H33N3O3/c1-3-21-14-20(13-18(21)24)7-9-22(10-8-20)17-11-15-5-6-16(12-17)23(15)19(25)26-4-2/h15-17H,3-14H2,1-2H3. The third-order valence-electron chi connectivity index (χ3n) is 7.35. The van der Waals surface area contributed by atoms with Crippen molar-refractivity contribution in [1.82, 2.24) is 14.7 Å². The predicted octanol–water partition coefficient (Wildman–Crippen LogP) is 2.47. The molecule has 0 aromatic heterocycles. The largest absolute Gasteiger partial charge is 0.450 e. The summed E-state index contributed by atoms with van der Waals surface area (Å²) in [5, 5.41) is 0. The Balaban J connectivity index is 1.34. The lowest BCUT2D eigenvalue weighted by molar-refractivity contribution is -0.127. The van der Waals surface area contributed by atoms with Crippen molar-refractivity contribution in [3.8, 4) is 0 Å². The Hall–Kier alpha value is -1.30. The van der Waals surface area contributed by atoms with Gasteiger partial charge in [-0.1, -0.05) is 0 Å². The van der Waals surface area contributed by atoms with Crippen LogP contribution < -0.4 is 0 Å². The van der Waals surface area contributed by atoms with Gasteiger partial charge in [-0.25, -0.2) is 4.79 Å². The molecule has 4 fully saturated rings. The summed E-state index contributed by atoms with van der Waals surface area (Å²) in [6.45, 7) is 8.44. The zero-order valence-electron chi connectivity index (χ0n) is 16.3. The molecule has 0 aromatic carbocycles. The van der Waals surface area contributed by atoms with Gasteiger partial charge < -0.3 is 19.4 Å². The normalized spacial score (nSPS) is 33.9. The number of hydrogen-bond acceptors (Lipinski definition) is 4. The Morgan fingerprint density at radius 3 is 2.31 bits per heavy atom. The van der Waals surface area contributed by atoms with Crippen LogP contribution in [0, 0.1) is 5.41 Å². The summed E-state index contributed by atoms with van der Waals surface area (Å²) in [5.41, 5.74) is 0.230. The summed E-state index contributed by atoms with van der Waals surface area (Å²) in [4.78, 5) is 31.1. The number of hydrogen-bond donors (Lipinski definition) is 0. The average Bonchev–Trinajstić information content (AvgIpc) is 3.09. The van der Waals surface area contributed by atoms with Crippen molar-refractivity contribution in [2.45, 2.75) is 76.9 Å². The summed E-state index contributed by atoms with van der Waals surface area (Å²) >= 11 is 0. The number of fused-ring (bicyclic) bond motifs is 2. The highest BCUT2D eigenvalue weighted by Crippen LogP contribution is 2.44. The first-order chi connectivity index (χ1) is 12.5. The van der Waals surface area contributed by atoms with E-state index in [0.717, 1.165) is 71.1 Å². The third-order valence-corrected chi connectivity index (χ3v) is 7.35. The molecule has 6 heteroatoms. The monoisotopic (exact) mass is 363 g/mol. The average molecular weight is 364 g/mol. The quantitative estimate of drug-likeness (QED) is 0.773. The van der Waals surface area contributed by atoms with Gasteiger partial charge in [-0.05, 0) is 70.9 Å². The van der Waals surface area contributed by atoms with E-state index < -0.39 is 0 Å². The summed E-state index contributed by atoms with van der Waals surface area (Å²) in [6.07, 6.45) is 7.34. The van der Waals surface area contributed by atoms with Crippen molar-refractivity contribution in [1.29, 1.82) is 0 Å². The highest BCUT2D eigenvalue weighted by atomic mass is 16.6. The highest BCUT2D eigenvalue weighted by Gasteiger charge is 2.48. The van der Waals surface area contributed by atoms with Crippen LogP contribution in [0.1, 0.15) is 58.8 Å². The van der Waals surface area contributed by atoms with Crippen LogP contribution in [0.15, 0.2) is 0 Å². The van der Waals surface area contributed by atoms with Crippen molar-refractivity contribution in [3.63, 3.8) is 0 Å². The van der Waals surface area contributed by atoms with Gasteiger partial charge in [-0.15, -0.1) is 0 Å². The second-order valence-electron chi connectivity index (χ2n) is 8.74. The molecule has 0 aromatic rings. The third kappa shape index (κ3) is 3.10. The van der Waals surface area contributed by atoms with Crippen molar-refractivity contribution in [3.05, 3.63) is 0 Å². The molecule has 2 unspecified atom stereocenters. The molecule has 4 aliphatic heterocycles. The fourth-order valence-electron chi connectivity index (χ4n) is 5.91. The van der Waals surface area contributed by atoms with Gasteiger partial charge in [0.05, 0.1) is 6.61 Å². The first-order valence-corrected chi connectivity index (χ1v) is 10.5. The molecular weight excluding hydrogens is 330 g/mol. The minimum atomic E-state index is -0.111. The number of piperidine rings is 2. The molecule has 1 spiro atoms. The van der Waals surface area contributed by atoms with Crippen LogP contribution in [-0.2, 0) is 9.53 Å². The first kappa shape index (κ1) is 18.1. The molecule has 6 nitrogen and oxygen atoms in total. The maximum Gasteiger partial charge on any atom is 0.410 e. The topological polar surface area (TPSA) is 53.1 Å². The Labute approximate surface area is 156 Å². The Morgan fingerprint density at radius 2 is 1.77 bits per heavy atom. The van der Waals surface area contributed by atoms with E-state index in [1.807, 2.05) is 16.7 Å². The summed E-state index contributed by atoms with van der Waals surface area (Å²) in [6, 6.07) is 1.31. The van der Waals surface area contributed by atoms with Gasteiger partial charge in [0.15, 0.2) is 0 Å². The van der Waals surface area contributed by atoms with E-state index in [-0.39, 0.29) is 11.5 Å². The molecule has 0 N–H and O–H groups in total. The van der Waals surface area contributed by atoms with Crippen molar-refractivity contribution >= 4 is 12.0 Å². The molecule has 4 rings (SSSR count). The number of rotatable bonds is 3. The zero-order chi connectivity index (χ0) is 18.3. The molecule has 146 valence electrons. The van der Waals surface area contributed by atoms with E-state index in [1.165, 1.54) is 0 Å². The molecule has 0 radical (unpaired) electrons. The lowest BCUT2D eigenvalue weighted by Gasteiger charge is -2.47. The fourth-order valence-corrected chi connectivity index (χ4v) is 5.91. The van der Waals surface area contributed by atoms with Gasteiger partial charge in [0, 0.05) is 37.6 Å². The van der Waals surface area contributed by atoms with Crippen LogP contribution in [0.25, 0.3) is 0 Å². The lowest BCUT2D eigenvalue weighted by atomic mass is 9.77. The molecular formula is C20H33N3O3. The Morgan fingerprint density at radius 1 is 1.12 bits per heavy atom. The van der Waals surface area contributed by atoms with E-state index in [2.05, 4.69) is 11.8 Å². The van der Waals surface area contributed by atoms with Crippen LogP contribution in [0.3, 0.4) is 0 Å². The van der Waals surface area contributed by atoms with Crippen LogP contribution in [0.5, 0.6) is 0 Å². The van der Waals surface area contributed by atoms with E-state index in [0.29, 0.717) is 30.6 Å². The molecule has 0 saturated carbocycles. The predicted molar refractivity (Wildman–Crippen MR) is 98.8 cm³/mol. The van der Waals surface area contributed by atoms with Crippen molar-refractivity contribution < 1.29 is 14.3 Å². The molecule has 4 saturated heterocycles. The summed E-state index contributed by atoms with van der Waals surface area (Å²) in [7, 11) is 0. The maximum absolute atomic E-state index is 12.3. The van der Waals surface area contributed by atoms with Gasteiger partial charge in [-0.3, -0.25) is 4.79 Å². The van der Waals surface area contributed by atoms with E-state index in [9.17, 15) is 9.59 Å². The maximum atomic E-state index is 12.3. The van der Waals surface area contributed by atoms with Gasteiger partial charge in [-0.2, -0.15) is 0 Å². The summed E-state index contributed by atoms with van der Waals surface area (Å²) < 4.78 is 5.27. The molecule has 0 aliphatic carbocycles. The lowest BCUT2D eigenvalue weighted by Crippen LogP contribution is -2.55. The molecule has 2 bridgehead atoms. The second-order valence-corrected chi connectivity index (χ2v) is 8.74. The van der Waals surface area contributed by atoms with Crippen LogP contribution in [0.4, 0.5) is 4.79 Å². The fraction of sp³-hybridized carbons (Fsp3) is 0.900. The smallest absolute Gasteiger partial charge is 0.410 e.